The van der Waals surface area contributed by atoms with Crippen LogP contribution in [0, 0.1) is 0 Å². The van der Waals surface area contributed by atoms with E-state index in [0.29, 0.717) is 10.2 Å². The second kappa shape index (κ2) is 6.59. The molecule has 0 spiro atoms. The fourth-order valence-electron chi connectivity index (χ4n) is 1.93. The fraction of sp³-hybridized carbons (Fsp3) is 0.133. The van der Waals surface area contributed by atoms with E-state index in [-0.39, 0.29) is 27.7 Å². The van der Waals surface area contributed by atoms with Crippen molar-refractivity contribution in [2.45, 2.75) is 11.8 Å². The Morgan fingerprint density at radius 2 is 1.91 bits per heavy atom. The smallest absolute Gasteiger partial charge is 0.261 e. The molecule has 0 amide bonds. The molecule has 0 aliphatic heterocycles. The van der Waals surface area contributed by atoms with E-state index in [1.165, 1.54) is 50.4 Å². The number of Topliss-reactive ketones (excluding diaryl/α,β-unsaturated/α-hetero) is 1. The van der Waals surface area contributed by atoms with Crippen molar-refractivity contribution in [2.75, 3.05) is 11.8 Å². The molecule has 0 atom stereocenters. The van der Waals surface area contributed by atoms with Gasteiger partial charge in [0.15, 0.2) is 5.78 Å². The van der Waals surface area contributed by atoms with Crippen LogP contribution in [0.1, 0.15) is 17.3 Å². The minimum absolute atomic E-state index is 0.00718. The molecule has 0 aliphatic rings. The Balaban J connectivity index is 2.43. The summed E-state index contributed by atoms with van der Waals surface area (Å²) in [6.45, 7) is 1.29. The molecule has 2 N–H and O–H groups in total. The van der Waals surface area contributed by atoms with Crippen LogP contribution in [0.5, 0.6) is 11.5 Å². The number of nitrogens with one attached hydrogen (secondary N) is 1. The summed E-state index contributed by atoms with van der Waals surface area (Å²) >= 11 is 3.23. The summed E-state index contributed by atoms with van der Waals surface area (Å²) in [5, 5.41) is 9.45. The number of phenols is 1. The predicted molar refractivity (Wildman–Crippen MR) is 89.6 cm³/mol. The highest BCUT2D eigenvalue weighted by Crippen LogP contribution is 2.29. The minimum Gasteiger partial charge on any atom is -0.508 e. The molecule has 0 aliphatic carbocycles. The van der Waals surface area contributed by atoms with E-state index in [1.807, 2.05) is 0 Å². The van der Waals surface area contributed by atoms with Crippen molar-refractivity contribution < 1.29 is 23.1 Å². The van der Waals surface area contributed by atoms with Gasteiger partial charge in [0.2, 0.25) is 0 Å². The molecule has 0 saturated heterocycles. The Labute approximate surface area is 142 Å². The zero-order valence-electron chi connectivity index (χ0n) is 12.3. The number of carbonyl (C=O) groups excluding carboxylic acids is 1. The number of halogens is 1. The number of rotatable bonds is 5. The van der Waals surface area contributed by atoms with Gasteiger partial charge < -0.3 is 9.84 Å². The van der Waals surface area contributed by atoms with Gasteiger partial charge in [-0.25, -0.2) is 8.42 Å². The lowest BCUT2D eigenvalue weighted by atomic mass is 10.1. The predicted octanol–water partition coefficient (Wildman–Crippen LogP) is 3.17. The van der Waals surface area contributed by atoms with Crippen LogP contribution < -0.4 is 9.46 Å². The molecule has 6 nitrogen and oxygen atoms in total. The van der Waals surface area contributed by atoms with E-state index in [4.69, 9.17) is 4.74 Å². The van der Waals surface area contributed by atoms with Gasteiger partial charge >= 0.3 is 0 Å². The number of benzene rings is 2. The van der Waals surface area contributed by atoms with Crippen LogP contribution in [0.4, 0.5) is 5.69 Å². The SMILES string of the molecule is COc1ccc(S(=O)(=O)Nc2ccc(O)cc2C(C)=O)cc1Br. The first-order valence-electron chi connectivity index (χ1n) is 6.45. The monoisotopic (exact) mass is 399 g/mol. The Morgan fingerprint density at radius 3 is 2.48 bits per heavy atom. The van der Waals surface area contributed by atoms with Gasteiger partial charge in [0.05, 0.1) is 22.2 Å². The van der Waals surface area contributed by atoms with Crippen LogP contribution in [0.2, 0.25) is 0 Å². The van der Waals surface area contributed by atoms with E-state index in [2.05, 4.69) is 20.7 Å². The summed E-state index contributed by atoms with van der Waals surface area (Å²) in [6.07, 6.45) is 0. The zero-order chi connectivity index (χ0) is 17.2. The Hall–Kier alpha value is -2.06. The van der Waals surface area contributed by atoms with Gasteiger partial charge in [-0.2, -0.15) is 0 Å². The van der Waals surface area contributed by atoms with E-state index in [1.54, 1.807) is 0 Å². The molecule has 0 aromatic heterocycles. The van der Waals surface area contributed by atoms with Crippen molar-refractivity contribution >= 4 is 37.4 Å². The molecule has 0 unspecified atom stereocenters. The molecular formula is C15H14BrNO5S. The first kappa shape index (κ1) is 17.3. The van der Waals surface area contributed by atoms with Gasteiger partial charge in [-0.3, -0.25) is 9.52 Å². The maximum atomic E-state index is 12.5. The number of hydrogen-bond acceptors (Lipinski definition) is 5. The standard InChI is InChI=1S/C15H14BrNO5S/c1-9(18)12-7-10(19)3-5-14(12)17-23(20,21)11-4-6-15(22-2)13(16)8-11/h3-8,17,19H,1-2H3. The van der Waals surface area contributed by atoms with Crippen molar-refractivity contribution in [1.29, 1.82) is 0 Å². The number of sulfonamides is 1. The first-order chi connectivity index (χ1) is 10.7. The van der Waals surface area contributed by atoms with Gasteiger partial charge in [0.25, 0.3) is 10.0 Å². The number of hydrogen-bond donors (Lipinski definition) is 2. The van der Waals surface area contributed by atoms with Crippen molar-refractivity contribution in [3.8, 4) is 11.5 Å². The number of anilines is 1. The molecule has 122 valence electrons. The number of carbonyl (C=O) groups is 1. The average molecular weight is 400 g/mol. The third-order valence-corrected chi connectivity index (χ3v) is 5.04. The van der Waals surface area contributed by atoms with Gasteiger partial charge in [-0.1, -0.05) is 0 Å². The van der Waals surface area contributed by atoms with E-state index < -0.39 is 10.0 Å². The molecule has 8 heteroatoms. The van der Waals surface area contributed by atoms with Crippen LogP contribution in [-0.2, 0) is 10.0 Å². The highest BCUT2D eigenvalue weighted by molar-refractivity contribution is 9.10. The third kappa shape index (κ3) is 3.83. The Bertz CT molecular complexity index is 864. The van der Waals surface area contributed by atoms with Crippen molar-refractivity contribution in [2.24, 2.45) is 0 Å². The third-order valence-electron chi connectivity index (χ3n) is 3.06. The number of aromatic hydroxyl groups is 1. The van der Waals surface area contributed by atoms with Crippen LogP contribution in [-0.4, -0.2) is 26.4 Å². The highest BCUT2D eigenvalue weighted by atomic mass is 79.9. The van der Waals surface area contributed by atoms with Crippen LogP contribution in [0.25, 0.3) is 0 Å². The summed E-state index contributed by atoms with van der Waals surface area (Å²) in [6, 6.07) is 8.15. The van der Waals surface area contributed by atoms with Crippen molar-refractivity contribution in [3.63, 3.8) is 0 Å². The summed E-state index contributed by atoms with van der Waals surface area (Å²) in [5.74, 6) is 0.0119. The van der Waals surface area contributed by atoms with Crippen molar-refractivity contribution in [1.82, 2.24) is 0 Å². The van der Waals surface area contributed by atoms with Gasteiger partial charge in [-0.15, -0.1) is 0 Å². The maximum absolute atomic E-state index is 12.5. The fourth-order valence-corrected chi connectivity index (χ4v) is 3.73. The summed E-state index contributed by atoms with van der Waals surface area (Å²) in [7, 11) is -2.42. The molecule has 2 aromatic rings. The molecule has 0 fully saturated rings. The number of ketones is 1. The minimum atomic E-state index is -3.90. The lowest BCUT2D eigenvalue weighted by Crippen LogP contribution is -2.15. The van der Waals surface area contributed by atoms with Gasteiger partial charge in [0, 0.05) is 5.56 Å². The Morgan fingerprint density at radius 1 is 1.22 bits per heavy atom. The molecule has 0 bridgehead atoms. The Kier molecular flexibility index (Phi) is 4.96. The lowest BCUT2D eigenvalue weighted by Gasteiger charge is -2.12. The van der Waals surface area contributed by atoms with Crippen LogP contribution in [0.3, 0.4) is 0 Å². The normalized spacial score (nSPS) is 11.1. The van der Waals surface area contributed by atoms with E-state index >= 15 is 0 Å². The topological polar surface area (TPSA) is 92.7 Å². The second-order valence-corrected chi connectivity index (χ2v) is 7.22. The molecule has 0 saturated carbocycles. The summed E-state index contributed by atoms with van der Waals surface area (Å²) < 4.78 is 32.8. The van der Waals surface area contributed by atoms with E-state index in [9.17, 15) is 18.3 Å². The van der Waals surface area contributed by atoms with Gasteiger partial charge in [0.1, 0.15) is 11.5 Å². The first-order valence-corrected chi connectivity index (χ1v) is 8.72. The number of ether oxygens (including phenoxy) is 1. The molecule has 23 heavy (non-hydrogen) atoms. The highest BCUT2D eigenvalue weighted by Gasteiger charge is 2.19. The average Bonchev–Trinajstić information content (AvgIpc) is 2.48. The number of phenolic OH excluding ortho intramolecular Hbond substituents is 1. The van der Waals surface area contributed by atoms with Crippen molar-refractivity contribution in [3.05, 3.63) is 46.4 Å². The summed E-state index contributed by atoms with van der Waals surface area (Å²) in [4.78, 5) is 11.6. The zero-order valence-corrected chi connectivity index (χ0v) is 14.7. The maximum Gasteiger partial charge on any atom is 0.261 e. The molecule has 2 aromatic carbocycles. The number of methoxy groups -OCH3 is 1. The molecule has 0 heterocycles. The second-order valence-electron chi connectivity index (χ2n) is 4.69. The summed E-state index contributed by atoms with van der Waals surface area (Å²) in [5.41, 5.74) is 0.184. The quantitative estimate of drug-likeness (QED) is 0.594. The largest absolute Gasteiger partial charge is 0.508 e. The van der Waals surface area contributed by atoms with Crippen LogP contribution >= 0.6 is 15.9 Å². The molecule has 2 rings (SSSR count). The molecular weight excluding hydrogens is 386 g/mol. The lowest BCUT2D eigenvalue weighted by molar-refractivity contribution is 0.101. The van der Waals surface area contributed by atoms with E-state index in [0.717, 1.165) is 0 Å². The van der Waals surface area contributed by atoms with Gasteiger partial charge in [-0.05, 0) is 59.3 Å². The van der Waals surface area contributed by atoms with Crippen LogP contribution in [0.15, 0.2) is 45.8 Å². The molecule has 0 radical (unpaired) electrons.